The van der Waals surface area contributed by atoms with Crippen molar-refractivity contribution >= 4 is 44.5 Å². The molecule has 8 rings (SSSR count). The predicted molar refractivity (Wildman–Crippen MR) is 231 cm³/mol. The Morgan fingerprint density at radius 2 is 1.63 bits per heavy atom. The molecule has 3 N–H and O–H groups in total. The number of nitrogens with one attached hydrogen (secondary N) is 3. The Bertz CT molecular complexity index is 2490. The number of fused-ring (bicyclic) bond motifs is 1. The lowest BCUT2D eigenvalue weighted by molar-refractivity contribution is -0.139. The Morgan fingerprint density at radius 3 is 2.33 bits per heavy atom. The van der Waals surface area contributed by atoms with E-state index in [-0.39, 0.29) is 59.7 Å². The second-order valence-electron chi connectivity index (χ2n) is 17.8. The van der Waals surface area contributed by atoms with Crippen molar-refractivity contribution < 1.29 is 35.9 Å². The Kier molecular flexibility index (Phi) is 13.4. The van der Waals surface area contributed by atoms with Crippen LogP contribution in [0.15, 0.2) is 52.3 Å². The zero-order chi connectivity index (χ0) is 44.5. The van der Waals surface area contributed by atoms with Gasteiger partial charge in [-0.3, -0.25) is 24.0 Å². The molecule has 18 heteroatoms. The molecule has 14 nitrogen and oxygen atoms in total. The van der Waals surface area contributed by atoms with E-state index in [1.807, 2.05) is 6.07 Å². The van der Waals surface area contributed by atoms with Crippen molar-refractivity contribution in [2.75, 3.05) is 38.1 Å². The van der Waals surface area contributed by atoms with Crippen molar-refractivity contribution in [1.29, 1.82) is 0 Å². The van der Waals surface area contributed by atoms with Crippen LogP contribution in [0.1, 0.15) is 124 Å². The number of nitrogens with zero attached hydrogens (tertiary/aromatic N) is 5. The van der Waals surface area contributed by atoms with Crippen LogP contribution in [0, 0.1) is 12.8 Å². The highest BCUT2D eigenvalue weighted by Crippen LogP contribution is 2.40. The molecule has 0 bridgehead atoms. The van der Waals surface area contributed by atoms with Crippen LogP contribution in [0.25, 0.3) is 11.0 Å². The third-order valence-corrected chi connectivity index (χ3v) is 15.1. The number of hydrogen-bond acceptors (Lipinski definition) is 10. The smallest absolute Gasteiger partial charge is 0.377 e. The van der Waals surface area contributed by atoms with Crippen LogP contribution < -0.4 is 21.0 Å². The van der Waals surface area contributed by atoms with Gasteiger partial charge in [0.15, 0.2) is 0 Å². The number of halogens is 3. The number of amides is 2. The molecule has 2 aliphatic heterocycles. The lowest BCUT2D eigenvalue weighted by Crippen LogP contribution is -2.44. The van der Waals surface area contributed by atoms with Crippen molar-refractivity contribution in [3.8, 4) is 0 Å². The summed E-state index contributed by atoms with van der Waals surface area (Å²) in [5, 5.41) is 5.36. The largest absolute Gasteiger partial charge is 0.419 e. The van der Waals surface area contributed by atoms with E-state index in [1.54, 1.807) is 24.6 Å². The van der Waals surface area contributed by atoms with Gasteiger partial charge in [-0.1, -0.05) is 25.3 Å². The van der Waals surface area contributed by atoms with Gasteiger partial charge in [0.05, 0.1) is 39.9 Å². The topological polar surface area (TPSA) is 170 Å². The highest BCUT2D eigenvalue weighted by atomic mass is 32.2. The van der Waals surface area contributed by atoms with Crippen LogP contribution in [0.2, 0.25) is 0 Å². The zero-order valence-electron chi connectivity index (χ0n) is 35.9. The summed E-state index contributed by atoms with van der Waals surface area (Å²) in [6.07, 6.45) is 6.84. The molecule has 4 fully saturated rings. The number of ether oxygens (including phenoxy) is 1. The van der Waals surface area contributed by atoms with Gasteiger partial charge < -0.3 is 15.0 Å². The fourth-order valence-electron chi connectivity index (χ4n) is 10.1. The monoisotopic (exact) mass is 894 g/mol. The Morgan fingerprint density at radius 1 is 0.889 bits per heavy atom. The number of sulfonamides is 1. The highest BCUT2D eigenvalue weighted by Gasteiger charge is 2.38. The van der Waals surface area contributed by atoms with Crippen LogP contribution >= 0.6 is 0 Å². The van der Waals surface area contributed by atoms with Crippen LogP contribution in [0.5, 0.6) is 0 Å². The van der Waals surface area contributed by atoms with E-state index in [2.05, 4.69) is 42.4 Å². The molecule has 0 radical (unpaired) electrons. The molecule has 2 amide bonds. The summed E-state index contributed by atoms with van der Waals surface area (Å²) in [5.74, 6) is -0.0476. The number of carbonyl (C=O) groups excluding carboxylic acids is 2. The second-order valence-corrected chi connectivity index (χ2v) is 19.6. The number of likely N-dealkylation sites (tertiary alicyclic amines) is 1. The minimum Gasteiger partial charge on any atom is -0.377 e. The van der Waals surface area contributed by atoms with Gasteiger partial charge >= 0.3 is 11.9 Å². The van der Waals surface area contributed by atoms with Crippen molar-refractivity contribution in [2.45, 2.75) is 125 Å². The molecule has 340 valence electrons. The summed E-state index contributed by atoms with van der Waals surface area (Å²) in [6, 6.07) is 9.93. The van der Waals surface area contributed by atoms with E-state index in [0.717, 1.165) is 89.1 Å². The SMILES string of the molecule is Cc1cc(S(=O)(=O)NCCO[C@H]2CC[C@H](CN3CCC(c4ccc5c(c4)n(C)c(=O)n5C4CCC(=O)NC4=O)CC3)CC2)ccc1Nc1ncc(C(F)(F)F)c(C2CCCCC2)n1. The summed E-state index contributed by atoms with van der Waals surface area (Å²) in [7, 11) is -2.12. The van der Waals surface area contributed by atoms with E-state index in [1.165, 1.54) is 22.3 Å². The fourth-order valence-corrected chi connectivity index (χ4v) is 11.2. The number of anilines is 2. The molecule has 2 aliphatic carbocycles. The van der Waals surface area contributed by atoms with Gasteiger partial charge in [0, 0.05) is 44.4 Å². The van der Waals surface area contributed by atoms with Gasteiger partial charge in [0.1, 0.15) is 6.04 Å². The average Bonchev–Trinajstić information content (AvgIpc) is 3.51. The number of hydrogen-bond donors (Lipinski definition) is 3. The summed E-state index contributed by atoms with van der Waals surface area (Å²) < 4.78 is 79.7. The first-order valence-electron chi connectivity index (χ1n) is 22.3. The van der Waals surface area contributed by atoms with Gasteiger partial charge in [0.2, 0.25) is 27.8 Å². The molecule has 2 saturated carbocycles. The predicted octanol–water partition coefficient (Wildman–Crippen LogP) is 6.96. The molecule has 4 aliphatic rings. The standard InChI is InChI=1S/C45H57F3N8O6S/c1-28-24-34(13-14-36(28)51-43-49-26-35(45(46,47)48)41(53-43)31-6-4-3-5-7-31)63(60,61)50-20-23-62-33-11-8-29(9-12-33)27-55-21-18-30(19-22-55)32-10-15-37-39(25-32)54(2)44(59)56(37)38-16-17-40(57)52-42(38)58/h10,13-15,24-26,29-31,33,38,50H,3-9,11-12,16-23,27H2,1-2H3,(H,49,51,53)(H,52,57,58)/t29-,33-,38?. The number of carbonyl (C=O) groups is 2. The number of piperidine rings is 2. The number of aromatic nitrogens is 4. The molecule has 2 aromatic heterocycles. The first-order valence-corrected chi connectivity index (χ1v) is 23.8. The lowest BCUT2D eigenvalue weighted by Gasteiger charge is -2.36. The Hall–Kier alpha value is -4.65. The third kappa shape index (κ3) is 10.2. The molecule has 0 spiro atoms. The van der Waals surface area contributed by atoms with Crippen molar-refractivity contribution in [1.82, 2.24) is 34.0 Å². The summed E-state index contributed by atoms with van der Waals surface area (Å²) >= 11 is 0. The summed E-state index contributed by atoms with van der Waals surface area (Å²) in [6.45, 7) is 5.10. The number of aryl methyl sites for hydroxylation is 2. The third-order valence-electron chi connectivity index (χ3n) is 13.6. The summed E-state index contributed by atoms with van der Waals surface area (Å²) in [5.41, 5.74) is 2.69. The molecule has 2 aromatic carbocycles. The molecule has 1 unspecified atom stereocenters. The van der Waals surface area contributed by atoms with Crippen molar-refractivity contribution in [3.63, 3.8) is 0 Å². The maximum absolute atomic E-state index is 13.8. The maximum Gasteiger partial charge on any atom is 0.419 e. The van der Waals surface area contributed by atoms with Gasteiger partial charge in [0.25, 0.3) is 0 Å². The minimum absolute atomic E-state index is 0.0102. The van der Waals surface area contributed by atoms with E-state index in [9.17, 15) is 36.0 Å². The molecular formula is C45H57F3N8O6S. The van der Waals surface area contributed by atoms with Crippen LogP contribution in [-0.4, -0.2) is 83.1 Å². The Balaban J connectivity index is 0.762. The molecule has 1 atom stereocenters. The quantitative estimate of drug-likeness (QED) is 0.0943. The minimum atomic E-state index is -4.55. The van der Waals surface area contributed by atoms with E-state index in [0.29, 0.717) is 47.9 Å². The molecule has 4 aromatic rings. The second kappa shape index (κ2) is 18.8. The number of imidazole rings is 1. The van der Waals surface area contributed by atoms with Crippen LogP contribution in [-0.2, 0) is 37.6 Å². The van der Waals surface area contributed by atoms with Gasteiger partial charge in [-0.15, -0.1) is 0 Å². The van der Waals surface area contributed by atoms with Crippen LogP contribution in [0.4, 0.5) is 24.8 Å². The van der Waals surface area contributed by atoms with Gasteiger partial charge in [-0.05, 0) is 131 Å². The number of alkyl halides is 3. The van der Waals surface area contributed by atoms with Crippen LogP contribution in [0.3, 0.4) is 0 Å². The van der Waals surface area contributed by atoms with Crippen molar-refractivity contribution in [3.05, 3.63) is 75.5 Å². The normalized spacial score (nSPS) is 22.4. The van der Waals surface area contributed by atoms with Crippen molar-refractivity contribution in [2.24, 2.45) is 13.0 Å². The molecule has 63 heavy (non-hydrogen) atoms. The average molecular weight is 895 g/mol. The highest BCUT2D eigenvalue weighted by molar-refractivity contribution is 7.89. The molecular weight excluding hydrogens is 838 g/mol. The maximum atomic E-state index is 13.8. The lowest BCUT2D eigenvalue weighted by atomic mass is 9.85. The fraction of sp³-hybridized carbons (Fsp3) is 0.578. The van der Waals surface area contributed by atoms with Gasteiger partial charge in [-0.2, -0.15) is 13.2 Å². The number of benzene rings is 2. The van der Waals surface area contributed by atoms with E-state index in [4.69, 9.17) is 4.74 Å². The summed E-state index contributed by atoms with van der Waals surface area (Å²) in [4.78, 5) is 48.4. The first-order chi connectivity index (χ1) is 30.1. The first kappa shape index (κ1) is 44.9. The van der Waals surface area contributed by atoms with E-state index >= 15 is 0 Å². The Labute approximate surface area is 365 Å². The zero-order valence-corrected chi connectivity index (χ0v) is 36.7. The number of rotatable bonds is 13. The van der Waals surface area contributed by atoms with Gasteiger partial charge in [-0.25, -0.2) is 27.9 Å². The number of imide groups is 1. The van der Waals surface area contributed by atoms with E-state index < -0.39 is 33.7 Å². The molecule has 2 saturated heterocycles. The molecule has 4 heterocycles.